The van der Waals surface area contributed by atoms with Gasteiger partial charge in [0, 0.05) is 28.7 Å². The second kappa shape index (κ2) is 5.76. The highest BCUT2D eigenvalue weighted by Crippen LogP contribution is 2.39. The normalized spacial score (nSPS) is 12.0. The Morgan fingerprint density at radius 2 is 1.85 bits per heavy atom. The molecule has 0 unspecified atom stereocenters. The third-order valence-corrected chi connectivity index (χ3v) is 4.16. The Bertz CT molecular complexity index is 1210. The molecule has 2 aromatic carbocycles. The van der Waals surface area contributed by atoms with Gasteiger partial charge in [-0.2, -0.15) is 13.2 Å². The summed E-state index contributed by atoms with van der Waals surface area (Å²) in [7, 11) is 0. The van der Waals surface area contributed by atoms with E-state index < -0.39 is 29.0 Å². The molecule has 0 aliphatic rings. The van der Waals surface area contributed by atoms with Crippen molar-refractivity contribution in [3.8, 4) is 11.1 Å². The zero-order valence-electron chi connectivity index (χ0n) is 13.3. The van der Waals surface area contributed by atoms with E-state index in [1.165, 1.54) is 30.9 Å². The molecule has 2 N–H and O–H groups in total. The minimum Gasteiger partial charge on any atom is -0.461 e. The van der Waals surface area contributed by atoms with Crippen LogP contribution in [-0.4, -0.2) is 15.9 Å². The van der Waals surface area contributed by atoms with Gasteiger partial charge >= 0.3 is 6.18 Å². The summed E-state index contributed by atoms with van der Waals surface area (Å²) in [6, 6.07) is 2.26. The van der Waals surface area contributed by atoms with Crippen LogP contribution in [0.4, 0.5) is 17.6 Å². The zero-order valence-corrected chi connectivity index (χ0v) is 13.3. The predicted molar refractivity (Wildman–Crippen MR) is 88.2 cm³/mol. The lowest BCUT2D eigenvalue weighted by Gasteiger charge is -2.14. The monoisotopic (exact) mass is 375 g/mol. The number of amides is 1. The summed E-state index contributed by atoms with van der Waals surface area (Å²) in [5, 5.41) is 0.902. The van der Waals surface area contributed by atoms with Gasteiger partial charge in [-0.3, -0.25) is 9.78 Å². The molecule has 5 nitrogen and oxygen atoms in total. The Morgan fingerprint density at radius 3 is 2.56 bits per heavy atom. The maximum Gasteiger partial charge on any atom is 0.416 e. The van der Waals surface area contributed by atoms with Crippen LogP contribution in [-0.2, 0) is 6.18 Å². The van der Waals surface area contributed by atoms with Crippen LogP contribution < -0.4 is 5.73 Å². The molecular weight excluding hydrogens is 366 g/mol. The van der Waals surface area contributed by atoms with Gasteiger partial charge < -0.3 is 10.2 Å². The molecule has 9 heteroatoms. The predicted octanol–water partition coefficient (Wildman–Crippen LogP) is 4.30. The largest absolute Gasteiger partial charge is 0.461 e. The SMILES string of the molecule is NC(=O)c1cc(C(F)(F)F)cc(F)c1-c1cc2occnc2c2cncc12. The fourth-order valence-electron chi connectivity index (χ4n) is 3.02. The molecule has 4 aromatic rings. The zero-order chi connectivity index (χ0) is 19.3. The van der Waals surface area contributed by atoms with Gasteiger partial charge in [-0.15, -0.1) is 0 Å². The van der Waals surface area contributed by atoms with Crippen molar-refractivity contribution in [3.05, 3.63) is 60.0 Å². The molecule has 2 aromatic heterocycles. The first-order valence-corrected chi connectivity index (χ1v) is 7.58. The highest BCUT2D eigenvalue weighted by atomic mass is 19.4. The Labute approximate surface area is 148 Å². The molecular formula is C18H9F4N3O2. The maximum atomic E-state index is 14.7. The van der Waals surface area contributed by atoms with E-state index in [0.29, 0.717) is 28.4 Å². The summed E-state index contributed by atoms with van der Waals surface area (Å²) in [5.74, 6) is -2.42. The van der Waals surface area contributed by atoms with Crippen LogP contribution in [0.25, 0.3) is 33.0 Å². The number of carbonyl (C=O) groups excluding carboxylic acids is 1. The van der Waals surface area contributed by atoms with Gasteiger partial charge in [0.05, 0.1) is 17.3 Å². The Morgan fingerprint density at radius 1 is 1.11 bits per heavy atom. The third kappa shape index (κ3) is 2.67. The van der Waals surface area contributed by atoms with Crippen molar-refractivity contribution in [3.63, 3.8) is 0 Å². The number of benzene rings is 2. The molecule has 0 saturated carbocycles. The van der Waals surface area contributed by atoms with Gasteiger partial charge in [0.2, 0.25) is 5.91 Å². The molecule has 2 heterocycles. The second-order valence-electron chi connectivity index (χ2n) is 5.78. The molecule has 0 fully saturated rings. The fraction of sp³-hybridized carbons (Fsp3) is 0.0556. The standard InChI is InChI=1S/C18H9F4N3O2/c19-13-4-8(18(20,21)22)3-10(17(23)26)15(13)9-5-14-16(25-1-2-27-14)12-7-24-6-11(9)12/h1-7H,(H2,23,26). The molecule has 0 aliphatic carbocycles. The van der Waals surface area contributed by atoms with Crippen molar-refractivity contribution in [2.75, 3.05) is 0 Å². The van der Waals surface area contributed by atoms with Crippen molar-refractivity contribution in [2.45, 2.75) is 6.18 Å². The van der Waals surface area contributed by atoms with Crippen LogP contribution in [0.15, 0.2) is 47.5 Å². The third-order valence-electron chi connectivity index (χ3n) is 4.16. The van der Waals surface area contributed by atoms with E-state index in [1.807, 2.05) is 0 Å². The number of nitrogens with two attached hydrogens (primary N) is 1. The van der Waals surface area contributed by atoms with E-state index >= 15 is 0 Å². The highest BCUT2D eigenvalue weighted by Gasteiger charge is 2.33. The first-order valence-electron chi connectivity index (χ1n) is 7.58. The molecule has 0 spiro atoms. The number of rotatable bonds is 2. The van der Waals surface area contributed by atoms with Gasteiger partial charge in [-0.25, -0.2) is 9.37 Å². The molecule has 0 saturated heterocycles. The number of carbonyl (C=O) groups is 1. The number of primary amides is 1. The quantitative estimate of drug-likeness (QED) is 0.530. The Balaban J connectivity index is 2.12. The Hall–Kier alpha value is -3.49. The minimum absolute atomic E-state index is 0.131. The van der Waals surface area contributed by atoms with Gasteiger partial charge in [0.15, 0.2) is 5.58 Å². The van der Waals surface area contributed by atoms with Crippen molar-refractivity contribution < 1.29 is 26.8 Å². The topological polar surface area (TPSA) is 82.0 Å². The van der Waals surface area contributed by atoms with Gasteiger partial charge in [-0.1, -0.05) is 0 Å². The number of nitrogens with zero attached hydrogens (tertiary/aromatic N) is 2. The smallest absolute Gasteiger partial charge is 0.416 e. The molecule has 136 valence electrons. The molecule has 0 radical (unpaired) electrons. The van der Waals surface area contributed by atoms with Crippen LogP contribution in [0.1, 0.15) is 15.9 Å². The molecule has 0 atom stereocenters. The maximum absolute atomic E-state index is 14.7. The first kappa shape index (κ1) is 17.0. The summed E-state index contributed by atoms with van der Waals surface area (Å²) in [6.45, 7) is 0. The lowest BCUT2D eigenvalue weighted by molar-refractivity contribution is -0.137. The fourth-order valence-corrected chi connectivity index (χ4v) is 3.02. The molecule has 27 heavy (non-hydrogen) atoms. The summed E-state index contributed by atoms with van der Waals surface area (Å²) in [4.78, 5) is 20.0. The van der Waals surface area contributed by atoms with Crippen LogP contribution in [0.2, 0.25) is 0 Å². The van der Waals surface area contributed by atoms with Gasteiger partial charge in [0.1, 0.15) is 17.6 Å². The number of halogens is 4. The molecule has 4 rings (SSSR count). The van der Waals surface area contributed by atoms with E-state index in [2.05, 4.69) is 9.97 Å². The summed E-state index contributed by atoms with van der Waals surface area (Å²) < 4.78 is 59.1. The Kier molecular flexibility index (Phi) is 3.62. The number of aromatic nitrogens is 2. The average Bonchev–Trinajstić information content (AvgIpc) is 3.09. The van der Waals surface area contributed by atoms with Gasteiger partial charge in [0.25, 0.3) is 0 Å². The van der Waals surface area contributed by atoms with Crippen molar-refractivity contribution >= 4 is 27.8 Å². The number of alkyl halides is 3. The highest BCUT2D eigenvalue weighted by molar-refractivity contribution is 6.13. The van der Waals surface area contributed by atoms with Crippen molar-refractivity contribution in [1.82, 2.24) is 9.97 Å². The van der Waals surface area contributed by atoms with E-state index in [4.69, 9.17) is 10.2 Å². The summed E-state index contributed by atoms with van der Waals surface area (Å²) in [5.41, 5.74) is 3.82. The molecule has 0 aliphatic heterocycles. The van der Waals surface area contributed by atoms with Crippen molar-refractivity contribution in [1.29, 1.82) is 0 Å². The van der Waals surface area contributed by atoms with Crippen LogP contribution in [0, 0.1) is 5.82 Å². The molecule has 1 amide bonds. The van der Waals surface area contributed by atoms with Crippen molar-refractivity contribution in [2.24, 2.45) is 5.73 Å². The van der Waals surface area contributed by atoms with Gasteiger partial charge in [-0.05, 0) is 23.8 Å². The first-order chi connectivity index (χ1) is 12.8. The second-order valence-corrected chi connectivity index (χ2v) is 5.78. The van der Waals surface area contributed by atoms with E-state index in [-0.39, 0.29) is 16.7 Å². The number of fused-ring (bicyclic) bond motifs is 3. The number of hydrogen-bond acceptors (Lipinski definition) is 4. The number of hydrogen-bond donors (Lipinski definition) is 1. The molecule has 0 bridgehead atoms. The lowest BCUT2D eigenvalue weighted by atomic mass is 9.93. The van der Waals surface area contributed by atoms with Crippen LogP contribution in [0.5, 0.6) is 0 Å². The summed E-state index contributed by atoms with van der Waals surface area (Å²) >= 11 is 0. The lowest BCUT2D eigenvalue weighted by Crippen LogP contribution is -2.16. The van der Waals surface area contributed by atoms with E-state index in [9.17, 15) is 22.4 Å². The van der Waals surface area contributed by atoms with E-state index in [0.717, 1.165) is 0 Å². The van der Waals surface area contributed by atoms with Crippen LogP contribution in [0.3, 0.4) is 0 Å². The van der Waals surface area contributed by atoms with Crippen LogP contribution >= 0.6 is 0 Å². The summed E-state index contributed by atoms with van der Waals surface area (Å²) in [6.07, 6.45) is 0.758. The minimum atomic E-state index is -4.83. The average molecular weight is 375 g/mol. The van der Waals surface area contributed by atoms with E-state index in [1.54, 1.807) is 0 Å².